The molecule has 0 aromatic heterocycles. The molecule has 0 saturated carbocycles. The van der Waals surface area contributed by atoms with Gasteiger partial charge >= 0.3 is 6.09 Å². The molecule has 1 heterocycles. The van der Waals surface area contributed by atoms with Gasteiger partial charge in [-0.1, -0.05) is 12.8 Å². The van der Waals surface area contributed by atoms with Crippen LogP contribution in [0.15, 0.2) is 0 Å². The number of Topliss-reactive ketones (excluding diaryl/α,β-unsaturated/α-hetero) is 1. The minimum Gasteiger partial charge on any atom is -0.450 e. The number of carbonyl (C=O) groups excluding carboxylic acids is 2. The van der Waals surface area contributed by atoms with Gasteiger partial charge in [0.25, 0.3) is 0 Å². The van der Waals surface area contributed by atoms with Crippen molar-refractivity contribution in [2.24, 2.45) is 0 Å². The maximum atomic E-state index is 11.7. The van der Waals surface area contributed by atoms with E-state index in [0.29, 0.717) is 13.0 Å². The third-order valence-electron chi connectivity index (χ3n) is 2.90. The smallest absolute Gasteiger partial charge is 0.410 e. The quantitative estimate of drug-likeness (QED) is 0.743. The number of hydrogen-bond acceptors (Lipinski definition) is 3. The van der Waals surface area contributed by atoms with Gasteiger partial charge in [-0.05, 0) is 26.7 Å². The molecule has 92 valence electrons. The van der Waals surface area contributed by atoms with E-state index in [1.54, 1.807) is 18.7 Å². The number of ketones is 1. The van der Waals surface area contributed by atoms with Crippen LogP contribution in [-0.4, -0.2) is 36.0 Å². The summed E-state index contributed by atoms with van der Waals surface area (Å²) in [5.74, 6) is 0.140. The van der Waals surface area contributed by atoms with E-state index in [1.165, 1.54) is 0 Å². The molecular formula is C12H21NO3. The molecule has 16 heavy (non-hydrogen) atoms. The Morgan fingerprint density at radius 3 is 2.69 bits per heavy atom. The summed E-state index contributed by atoms with van der Waals surface area (Å²) in [5, 5.41) is 0. The van der Waals surface area contributed by atoms with Crippen LogP contribution < -0.4 is 0 Å². The molecule has 0 N–H and O–H groups in total. The Labute approximate surface area is 96.9 Å². The van der Waals surface area contributed by atoms with Crippen molar-refractivity contribution in [3.05, 3.63) is 0 Å². The summed E-state index contributed by atoms with van der Waals surface area (Å²) in [7, 11) is 0. The molecule has 1 aliphatic heterocycles. The molecule has 1 aliphatic rings. The van der Waals surface area contributed by atoms with Crippen LogP contribution in [0.4, 0.5) is 4.79 Å². The van der Waals surface area contributed by atoms with Crippen molar-refractivity contribution in [2.45, 2.75) is 52.0 Å². The first kappa shape index (κ1) is 13.0. The molecule has 0 aromatic rings. The van der Waals surface area contributed by atoms with Crippen LogP contribution in [0.25, 0.3) is 0 Å². The van der Waals surface area contributed by atoms with Gasteiger partial charge in [-0.3, -0.25) is 4.79 Å². The number of carbonyl (C=O) groups is 2. The van der Waals surface area contributed by atoms with E-state index in [1.807, 2.05) is 0 Å². The van der Waals surface area contributed by atoms with Crippen LogP contribution in [0.5, 0.6) is 0 Å². The van der Waals surface area contributed by atoms with Gasteiger partial charge in [0.1, 0.15) is 5.78 Å². The zero-order valence-corrected chi connectivity index (χ0v) is 10.2. The lowest BCUT2D eigenvalue weighted by atomic mass is 10.0. The van der Waals surface area contributed by atoms with Crippen molar-refractivity contribution >= 4 is 11.9 Å². The van der Waals surface area contributed by atoms with Crippen LogP contribution in [0.1, 0.15) is 46.0 Å². The lowest BCUT2D eigenvalue weighted by molar-refractivity contribution is -0.118. The maximum absolute atomic E-state index is 11.7. The molecule has 1 amide bonds. The average Bonchev–Trinajstić information content (AvgIpc) is 2.43. The van der Waals surface area contributed by atoms with Crippen molar-refractivity contribution in [2.75, 3.05) is 13.2 Å². The Balaban J connectivity index is 2.64. The topological polar surface area (TPSA) is 46.6 Å². The highest BCUT2D eigenvalue weighted by Crippen LogP contribution is 2.20. The molecule has 0 aromatic carbocycles. The zero-order chi connectivity index (χ0) is 12.0. The minimum atomic E-state index is -0.268. The van der Waals surface area contributed by atoms with Crippen molar-refractivity contribution in [1.29, 1.82) is 0 Å². The van der Waals surface area contributed by atoms with E-state index in [-0.39, 0.29) is 17.9 Å². The summed E-state index contributed by atoms with van der Waals surface area (Å²) < 4.78 is 5.02. The predicted octanol–water partition coefficient (Wildman–Crippen LogP) is 2.37. The molecule has 0 bridgehead atoms. The second-order valence-electron chi connectivity index (χ2n) is 4.30. The molecule has 1 rings (SSSR count). The Hall–Kier alpha value is -1.06. The van der Waals surface area contributed by atoms with Gasteiger partial charge in [0.15, 0.2) is 0 Å². The minimum absolute atomic E-state index is 0.0408. The van der Waals surface area contributed by atoms with Crippen molar-refractivity contribution < 1.29 is 14.3 Å². The Morgan fingerprint density at radius 2 is 2.06 bits per heavy atom. The van der Waals surface area contributed by atoms with Gasteiger partial charge in [-0.2, -0.15) is 0 Å². The fraction of sp³-hybridized carbons (Fsp3) is 0.833. The number of likely N-dealkylation sites (tertiary alicyclic amines) is 1. The van der Waals surface area contributed by atoms with Crippen molar-refractivity contribution in [3.8, 4) is 0 Å². The Morgan fingerprint density at radius 1 is 1.31 bits per heavy atom. The number of ether oxygens (including phenoxy) is 1. The first-order valence-electron chi connectivity index (χ1n) is 6.08. The third kappa shape index (κ3) is 3.83. The SMILES string of the molecule is CCOC(=O)N1CCCCCC1CC(C)=O. The molecule has 1 unspecified atom stereocenters. The zero-order valence-electron chi connectivity index (χ0n) is 10.2. The van der Waals surface area contributed by atoms with E-state index in [4.69, 9.17) is 4.74 Å². The number of hydrogen-bond donors (Lipinski definition) is 0. The monoisotopic (exact) mass is 227 g/mol. The van der Waals surface area contributed by atoms with E-state index < -0.39 is 0 Å². The molecular weight excluding hydrogens is 206 g/mol. The van der Waals surface area contributed by atoms with Crippen LogP contribution in [0, 0.1) is 0 Å². The molecule has 1 saturated heterocycles. The highest BCUT2D eigenvalue weighted by atomic mass is 16.6. The molecule has 0 radical (unpaired) electrons. The van der Waals surface area contributed by atoms with Crippen LogP contribution in [0.2, 0.25) is 0 Å². The maximum Gasteiger partial charge on any atom is 0.410 e. The predicted molar refractivity (Wildman–Crippen MR) is 61.3 cm³/mol. The molecule has 4 heteroatoms. The summed E-state index contributed by atoms with van der Waals surface area (Å²) in [5.41, 5.74) is 0. The molecule has 1 fully saturated rings. The van der Waals surface area contributed by atoms with Gasteiger partial charge in [0.05, 0.1) is 6.61 Å². The van der Waals surface area contributed by atoms with Crippen LogP contribution >= 0.6 is 0 Å². The van der Waals surface area contributed by atoms with Gasteiger partial charge < -0.3 is 9.64 Å². The second-order valence-corrected chi connectivity index (χ2v) is 4.30. The van der Waals surface area contributed by atoms with E-state index in [2.05, 4.69) is 0 Å². The molecule has 1 atom stereocenters. The highest BCUT2D eigenvalue weighted by molar-refractivity contribution is 5.77. The Kier molecular flexibility index (Phi) is 5.29. The van der Waals surface area contributed by atoms with Gasteiger partial charge in [0.2, 0.25) is 0 Å². The molecule has 0 spiro atoms. The standard InChI is InChI=1S/C12H21NO3/c1-3-16-12(15)13-8-6-4-5-7-11(13)9-10(2)14/h11H,3-9H2,1-2H3. The summed E-state index contributed by atoms with van der Waals surface area (Å²) in [6, 6.07) is 0.0408. The summed E-state index contributed by atoms with van der Waals surface area (Å²) in [6.07, 6.45) is 4.33. The first-order valence-corrected chi connectivity index (χ1v) is 6.08. The number of nitrogens with zero attached hydrogens (tertiary/aromatic N) is 1. The first-order chi connectivity index (χ1) is 7.65. The van der Waals surface area contributed by atoms with Crippen molar-refractivity contribution in [3.63, 3.8) is 0 Å². The van der Waals surface area contributed by atoms with E-state index in [9.17, 15) is 9.59 Å². The fourth-order valence-corrected chi connectivity index (χ4v) is 2.17. The van der Waals surface area contributed by atoms with E-state index >= 15 is 0 Å². The normalized spacial score (nSPS) is 21.4. The average molecular weight is 227 g/mol. The van der Waals surface area contributed by atoms with Crippen LogP contribution in [-0.2, 0) is 9.53 Å². The summed E-state index contributed by atoms with van der Waals surface area (Å²) >= 11 is 0. The highest BCUT2D eigenvalue weighted by Gasteiger charge is 2.27. The van der Waals surface area contributed by atoms with Gasteiger partial charge in [0, 0.05) is 19.0 Å². The van der Waals surface area contributed by atoms with Gasteiger partial charge in [-0.15, -0.1) is 0 Å². The number of rotatable bonds is 3. The lowest BCUT2D eigenvalue weighted by Gasteiger charge is -2.28. The van der Waals surface area contributed by atoms with E-state index in [0.717, 1.165) is 32.2 Å². The lowest BCUT2D eigenvalue weighted by Crippen LogP contribution is -2.41. The third-order valence-corrected chi connectivity index (χ3v) is 2.90. The van der Waals surface area contributed by atoms with Crippen molar-refractivity contribution in [1.82, 2.24) is 4.90 Å². The fourth-order valence-electron chi connectivity index (χ4n) is 2.17. The second kappa shape index (κ2) is 6.51. The molecule has 0 aliphatic carbocycles. The summed E-state index contributed by atoms with van der Waals surface area (Å²) in [6.45, 7) is 4.49. The Bertz CT molecular complexity index is 253. The number of amides is 1. The largest absolute Gasteiger partial charge is 0.450 e. The van der Waals surface area contributed by atoms with Gasteiger partial charge in [-0.25, -0.2) is 4.79 Å². The van der Waals surface area contributed by atoms with Crippen LogP contribution in [0.3, 0.4) is 0 Å². The molecule has 4 nitrogen and oxygen atoms in total. The summed E-state index contributed by atoms with van der Waals surface area (Å²) in [4.78, 5) is 24.6.